The number of amides is 3. The molecule has 6 nitrogen and oxygen atoms in total. The van der Waals surface area contributed by atoms with Gasteiger partial charge in [-0.2, -0.15) is 0 Å². The minimum absolute atomic E-state index is 0.0313. The molecule has 3 amide bonds. The molecule has 1 aromatic carbocycles. The third kappa shape index (κ3) is 4.37. The summed E-state index contributed by atoms with van der Waals surface area (Å²) in [5.74, 6) is 0.761. The molecule has 0 aliphatic carbocycles. The van der Waals surface area contributed by atoms with Gasteiger partial charge in [0.2, 0.25) is 5.91 Å². The lowest BCUT2D eigenvalue weighted by atomic mass is 10.0. The molecular formula is C15H21N3O3. The number of ether oxygens (including phenoxy) is 1. The van der Waals surface area contributed by atoms with E-state index in [0.717, 1.165) is 24.2 Å². The van der Waals surface area contributed by atoms with Crippen molar-refractivity contribution < 1.29 is 14.3 Å². The molecule has 21 heavy (non-hydrogen) atoms. The summed E-state index contributed by atoms with van der Waals surface area (Å²) in [4.78, 5) is 23.0. The summed E-state index contributed by atoms with van der Waals surface area (Å²) in [6.45, 7) is 0.984. The first kappa shape index (κ1) is 15.2. The van der Waals surface area contributed by atoms with Crippen LogP contribution in [0.3, 0.4) is 0 Å². The Morgan fingerprint density at radius 3 is 2.95 bits per heavy atom. The maximum absolute atomic E-state index is 12.0. The lowest BCUT2D eigenvalue weighted by Gasteiger charge is -2.18. The Bertz CT molecular complexity index is 505. The molecular weight excluding hydrogens is 270 g/mol. The van der Waals surface area contributed by atoms with Crippen LogP contribution in [-0.2, 0) is 4.79 Å². The number of benzene rings is 1. The van der Waals surface area contributed by atoms with Gasteiger partial charge in [-0.25, -0.2) is 4.79 Å². The fraction of sp³-hybridized carbons (Fsp3) is 0.467. The molecule has 0 fully saturated rings. The number of carbonyl (C=O) groups is 2. The van der Waals surface area contributed by atoms with Crippen molar-refractivity contribution in [2.24, 2.45) is 0 Å². The summed E-state index contributed by atoms with van der Waals surface area (Å²) in [7, 11) is 1.54. The Morgan fingerprint density at radius 1 is 1.33 bits per heavy atom. The zero-order valence-corrected chi connectivity index (χ0v) is 12.1. The average molecular weight is 291 g/mol. The van der Waals surface area contributed by atoms with Crippen molar-refractivity contribution in [1.82, 2.24) is 16.0 Å². The topological polar surface area (TPSA) is 79.5 Å². The van der Waals surface area contributed by atoms with Crippen molar-refractivity contribution in [3.63, 3.8) is 0 Å². The van der Waals surface area contributed by atoms with Gasteiger partial charge in [-0.3, -0.25) is 4.79 Å². The lowest BCUT2D eigenvalue weighted by Crippen LogP contribution is -2.36. The van der Waals surface area contributed by atoms with Gasteiger partial charge < -0.3 is 20.7 Å². The van der Waals surface area contributed by atoms with E-state index in [0.29, 0.717) is 13.2 Å². The second kappa shape index (κ2) is 7.52. The highest BCUT2D eigenvalue weighted by Gasteiger charge is 2.20. The van der Waals surface area contributed by atoms with Crippen molar-refractivity contribution in [3.05, 3.63) is 29.8 Å². The molecule has 0 aromatic heterocycles. The number of nitrogens with one attached hydrogen (secondary N) is 3. The van der Waals surface area contributed by atoms with E-state index in [-0.39, 0.29) is 24.4 Å². The fourth-order valence-corrected chi connectivity index (χ4v) is 2.32. The Balaban J connectivity index is 1.90. The van der Waals surface area contributed by atoms with Crippen molar-refractivity contribution in [3.8, 4) is 5.75 Å². The van der Waals surface area contributed by atoms with Crippen LogP contribution in [0.4, 0.5) is 4.79 Å². The SMILES string of the molecule is CNC(=O)NCCC(=O)N[C@H]1CCCOc2ccccc21. The van der Waals surface area contributed by atoms with Crippen LogP contribution in [0, 0.1) is 0 Å². The summed E-state index contributed by atoms with van der Waals surface area (Å²) in [6.07, 6.45) is 2.01. The Labute approximate surface area is 124 Å². The summed E-state index contributed by atoms with van der Waals surface area (Å²) in [5, 5.41) is 8.06. The molecule has 0 unspecified atom stereocenters. The number of carbonyl (C=O) groups excluding carboxylic acids is 2. The largest absolute Gasteiger partial charge is 0.493 e. The van der Waals surface area contributed by atoms with Gasteiger partial charge in [0.1, 0.15) is 5.75 Å². The minimum Gasteiger partial charge on any atom is -0.493 e. The van der Waals surface area contributed by atoms with Gasteiger partial charge in [0.25, 0.3) is 0 Å². The van der Waals surface area contributed by atoms with E-state index in [2.05, 4.69) is 16.0 Å². The van der Waals surface area contributed by atoms with Crippen LogP contribution in [0.2, 0.25) is 0 Å². The van der Waals surface area contributed by atoms with E-state index >= 15 is 0 Å². The minimum atomic E-state index is -0.281. The molecule has 0 saturated carbocycles. The van der Waals surface area contributed by atoms with Gasteiger partial charge in [0.05, 0.1) is 12.6 Å². The maximum atomic E-state index is 12.0. The van der Waals surface area contributed by atoms with Crippen LogP contribution in [0.5, 0.6) is 5.75 Å². The molecule has 114 valence electrons. The second-order valence-corrected chi connectivity index (χ2v) is 4.90. The number of hydrogen-bond acceptors (Lipinski definition) is 3. The van der Waals surface area contributed by atoms with Crippen molar-refractivity contribution in [1.29, 1.82) is 0 Å². The van der Waals surface area contributed by atoms with Crippen LogP contribution in [-0.4, -0.2) is 32.1 Å². The van der Waals surface area contributed by atoms with E-state index in [1.54, 1.807) is 0 Å². The van der Waals surface area contributed by atoms with Gasteiger partial charge in [0.15, 0.2) is 0 Å². The van der Waals surface area contributed by atoms with Crippen molar-refractivity contribution >= 4 is 11.9 Å². The summed E-state index contributed by atoms with van der Waals surface area (Å²) >= 11 is 0. The van der Waals surface area contributed by atoms with E-state index in [9.17, 15) is 9.59 Å². The molecule has 1 heterocycles. The quantitative estimate of drug-likeness (QED) is 0.783. The van der Waals surface area contributed by atoms with Crippen LogP contribution in [0.1, 0.15) is 30.9 Å². The zero-order chi connectivity index (χ0) is 15.1. The van der Waals surface area contributed by atoms with Crippen LogP contribution in [0.15, 0.2) is 24.3 Å². The van der Waals surface area contributed by atoms with Gasteiger partial charge in [-0.15, -0.1) is 0 Å². The first-order valence-electron chi connectivity index (χ1n) is 7.17. The Morgan fingerprint density at radius 2 is 2.14 bits per heavy atom. The second-order valence-electron chi connectivity index (χ2n) is 4.90. The molecule has 1 aliphatic rings. The number of fused-ring (bicyclic) bond motifs is 1. The van der Waals surface area contributed by atoms with Gasteiger partial charge in [-0.1, -0.05) is 18.2 Å². The van der Waals surface area contributed by atoms with E-state index in [4.69, 9.17) is 4.74 Å². The summed E-state index contributed by atoms with van der Waals surface area (Å²) in [5.41, 5.74) is 1.02. The van der Waals surface area contributed by atoms with Crippen LogP contribution in [0.25, 0.3) is 0 Å². The molecule has 0 radical (unpaired) electrons. The Hall–Kier alpha value is -2.24. The molecule has 6 heteroatoms. The molecule has 3 N–H and O–H groups in total. The normalized spacial score (nSPS) is 16.9. The number of para-hydroxylation sites is 1. The first-order valence-corrected chi connectivity index (χ1v) is 7.17. The lowest BCUT2D eigenvalue weighted by molar-refractivity contribution is -0.121. The summed E-state index contributed by atoms with van der Waals surface area (Å²) in [6, 6.07) is 7.46. The highest BCUT2D eigenvalue weighted by molar-refractivity contribution is 5.78. The number of rotatable bonds is 4. The highest BCUT2D eigenvalue weighted by Crippen LogP contribution is 2.31. The van der Waals surface area contributed by atoms with Crippen molar-refractivity contribution in [2.45, 2.75) is 25.3 Å². The maximum Gasteiger partial charge on any atom is 0.314 e. The van der Waals surface area contributed by atoms with Crippen LogP contribution >= 0.6 is 0 Å². The fourth-order valence-electron chi connectivity index (χ4n) is 2.32. The standard InChI is InChI=1S/C15H21N3O3/c1-16-15(20)17-9-8-14(19)18-12-6-4-10-21-13-7-3-2-5-11(12)13/h2-3,5,7,12H,4,6,8-10H2,1H3,(H,18,19)(H2,16,17,20)/t12-/m0/s1. The third-order valence-electron chi connectivity index (χ3n) is 3.39. The summed E-state index contributed by atoms with van der Waals surface area (Å²) < 4.78 is 5.67. The molecule has 0 bridgehead atoms. The predicted octanol–water partition coefficient (Wildman–Crippen LogP) is 1.34. The monoisotopic (exact) mass is 291 g/mol. The van der Waals surface area contributed by atoms with Crippen molar-refractivity contribution in [2.75, 3.05) is 20.2 Å². The Kier molecular flexibility index (Phi) is 5.43. The smallest absolute Gasteiger partial charge is 0.314 e. The van der Waals surface area contributed by atoms with E-state index < -0.39 is 0 Å². The van der Waals surface area contributed by atoms with E-state index in [1.807, 2.05) is 24.3 Å². The van der Waals surface area contributed by atoms with Gasteiger partial charge in [0, 0.05) is 25.6 Å². The molecule has 1 atom stereocenters. The molecule has 0 saturated heterocycles. The molecule has 1 aliphatic heterocycles. The van der Waals surface area contributed by atoms with E-state index in [1.165, 1.54) is 7.05 Å². The highest BCUT2D eigenvalue weighted by atomic mass is 16.5. The predicted molar refractivity (Wildman–Crippen MR) is 79.1 cm³/mol. The van der Waals surface area contributed by atoms with Gasteiger partial charge in [-0.05, 0) is 18.9 Å². The third-order valence-corrected chi connectivity index (χ3v) is 3.39. The molecule has 2 rings (SSSR count). The number of hydrogen-bond donors (Lipinski definition) is 3. The molecule has 1 aromatic rings. The number of urea groups is 1. The molecule has 0 spiro atoms. The van der Waals surface area contributed by atoms with Crippen LogP contribution < -0.4 is 20.7 Å². The average Bonchev–Trinajstić information content (AvgIpc) is 2.70. The first-order chi connectivity index (χ1) is 10.2. The zero-order valence-electron chi connectivity index (χ0n) is 12.1. The van der Waals surface area contributed by atoms with Gasteiger partial charge >= 0.3 is 6.03 Å².